The van der Waals surface area contributed by atoms with Crippen molar-refractivity contribution in [3.05, 3.63) is 95.1 Å². The van der Waals surface area contributed by atoms with Gasteiger partial charge in [0, 0.05) is 20.0 Å². The summed E-state index contributed by atoms with van der Waals surface area (Å²) in [6.07, 6.45) is -8.07. The number of anilines is 4. The number of aromatic amines is 2. The Labute approximate surface area is 331 Å². The highest BCUT2D eigenvalue weighted by Crippen LogP contribution is 2.36. The van der Waals surface area contributed by atoms with Crippen LogP contribution in [-0.4, -0.2) is 65.2 Å². The number of nitrogens with zero attached hydrogens (tertiary/aromatic N) is 2. The molecule has 0 atom stereocenters. The number of halogens is 6. The molecule has 0 aliphatic heterocycles. The smallest absolute Gasteiger partial charge is 0.416 e. The average Bonchev–Trinajstić information content (AvgIpc) is 3.74. The number of hydrogen-bond acceptors (Lipinski definition) is 8. The zero-order chi connectivity index (χ0) is 42.9. The van der Waals surface area contributed by atoms with Crippen molar-refractivity contribution < 1.29 is 50.2 Å². The van der Waals surface area contributed by atoms with E-state index in [2.05, 4.69) is 46.5 Å². The Morgan fingerprint density at radius 2 is 1.10 bits per heavy atom. The number of nitrogens with one attached hydrogen (secondary N) is 7. The molecular formula is C38H38F6N10O5. The minimum absolute atomic E-state index is 0.0656. The summed E-state index contributed by atoms with van der Waals surface area (Å²) in [5.41, 5.74) is 8.43. The number of imidazole rings is 2. The molecule has 15 nitrogen and oxygen atoms in total. The Hall–Kier alpha value is -7.19. The van der Waals surface area contributed by atoms with Crippen LogP contribution in [0.25, 0.3) is 22.1 Å². The number of nitrogens with two attached hydrogens (primary N) is 1. The maximum absolute atomic E-state index is 12.9. The summed E-state index contributed by atoms with van der Waals surface area (Å²) in [6, 6.07) is 15.4. The van der Waals surface area contributed by atoms with Crippen molar-refractivity contribution in [2.45, 2.75) is 32.1 Å². The highest BCUT2D eigenvalue weighted by Gasteiger charge is 2.32. The van der Waals surface area contributed by atoms with Crippen LogP contribution in [0, 0.1) is 0 Å². The van der Waals surface area contributed by atoms with E-state index >= 15 is 0 Å². The Morgan fingerprint density at radius 1 is 0.644 bits per heavy atom. The van der Waals surface area contributed by atoms with Crippen molar-refractivity contribution in [2.24, 2.45) is 0 Å². The van der Waals surface area contributed by atoms with Crippen molar-refractivity contribution in [3.8, 4) is 11.5 Å². The Kier molecular flexibility index (Phi) is 13.4. The van der Waals surface area contributed by atoms with Gasteiger partial charge >= 0.3 is 24.4 Å². The number of aromatic nitrogens is 4. The summed E-state index contributed by atoms with van der Waals surface area (Å²) in [7, 11) is 2.61. The first-order valence-electron chi connectivity index (χ1n) is 17.5. The van der Waals surface area contributed by atoms with Crippen LogP contribution in [0.4, 0.5) is 59.2 Å². The second kappa shape index (κ2) is 18.4. The number of urea groups is 2. The summed E-state index contributed by atoms with van der Waals surface area (Å²) in [5.74, 6) is 0.659. The summed E-state index contributed by atoms with van der Waals surface area (Å²) < 4.78 is 87.3. The molecule has 9 N–H and O–H groups in total. The molecule has 0 saturated carbocycles. The Balaban J connectivity index is 0.000000225. The van der Waals surface area contributed by atoms with Gasteiger partial charge in [-0.25, -0.2) is 19.6 Å². The van der Waals surface area contributed by atoms with Crippen LogP contribution >= 0.6 is 0 Å². The third-order valence-electron chi connectivity index (χ3n) is 8.35. The predicted molar refractivity (Wildman–Crippen MR) is 208 cm³/mol. The third-order valence-corrected chi connectivity index (χ3v) is 8.35. The highest BCUT2D eigenvalue weighted by atomic mass is 19.4. The van der Waals surface area contributed by atoms with E-state index in [-0.39, 0.29) is 41.9 Å². The summed E-state index contributed by atoms with van der Waals surface area (Å²) in [4.78, 5) is 49.5. The van der Waals surface area contributed by atoms with E-state index in [1.54, 1.807) is 6.07 Å². The molecule has 0 radical (unpaired) electrons. The van der Waals surface area contributed by atoms with Gasteiger partial charge in [0.2, 0.25) is 11.9 Å². The summed E-state index contributed by atoms with van der Waals surface area (Å²) >= 11 is 0. The first kappa shape index (κ1) is 42.9. The standard InChI is InChI=1S/C20H20F3N5O3.C18H18F3N5O2/c1-11(29)25-18-26-14-5-3-12(9-15(14)27-18)7-8-24-19(30)28-16-10-13(20(21,22)23)4-6-17(16)31-2;1-28-15-5-3-11(18(19,20)21)9-14(15)26-17(27)23-7-6-10-2-4-12-13(8-10)25-16(22)24-12/h3-6,9-10H,7-8H2,1-2H3,(H2,24,28,30)(H2,25,26,27,29);2-5,8-9H,6-7H2,1H3,(H3,22,24,25)(H2,23,26,27). The minimum Gasteiger partial charge on any atom is -0.495 e. The van der Waals surface area contributed by atoms with Gasteiger partial charge in [-0.1, -0.05) is 12.1 Å². The highest BCUT2D eigenvalue weighted by molar-refractivity contribution is 5.92. The third kappa shape index (κ3) is 11.9. The van der Waals surface area contributed by atoms with Gasteiger partial charge in [-0.05, 0) is 84.6 Å². The largest absolute Gasteiger partial charge is 0.495 e. The number of hydrogen-bond donors (Lipinski definition) is 8. The van der Waals surface area contributed by atoms with Gasteiger partial charge in [0.15, 0.2) is 5.95 Å². The molecule has 0 fully saturated rings. The van der Waals surface area contributed by atoms with Crippen molar-refractivity contribution in [2.75, 3.05) is 49.0 Å². The van der Waals surface area contributed by atoms with Crippen molar-refractivity contribution in [1.82, 2.24) is 30.6 Å². The molecule has 0 aliphatic rings. The molecule has 59 heavy (non-hydrogen) atoms. The Bertz CT molecular complexity index is 2450. The number of H-pyrrole nitrogens is 2. The number of carbonyl (C=O) groups is 3. The lowest BCUT2D eigenvalue weighted by atomic mass is 10.1. The van der Waals surface area contributed by atoms with E-state index in [0.29, 0.717) is 30.3 Å². The van der Waals surface area contributed by atoms with Gasteiger partial charge in [0.1, 0.15) is 11.5 Å². The van der Waals surface area contributed by atoms with E-state index in [0.717, 1.165) is 64.1 Å². The normalized spacial score (nSPS) is 11.3. The molecule has 312 valence electrons. The SMILES string of the molecule is COc1ccc(C(F)(F)F)cc1NC(=O)NCCc1ccc2nc(N)[nH]c2c1.COc1ccc(C(F)(F)F)cc1NC(=O)NCCc1ccc2nc(NC(C)=O)[nH]c2c1. The van der Waals surface area contributed by atoms with Crippen LogP contribution in [0.5, 0.6) is 11.5 Å². The second-order valence-electron chi connectivity index (χ2n) is 12.7. The molecule has 0 spiro atoms. The molecule has 0 saturated heterocycles. The molecule has 2 aromatic heterocycles. The quantitative estimate of drug-likeness (QED) is 0.0613. The maximum Gasteiger partial charge on any atom is 0.416 e. The first-order chi connectivity index (χ1) is 27.9. The number of nitrogen functional groups attached to an aromatic ring is 1. The number of fused-ring (bicyclic) bond motifs is 2. The van der Waals surface area contributed by atoms with Crippen LogP contribution in [0.15, 0.2) is 72.8 Å². The zero-order valence-electron chi connectivity index (χ0n) is 31.5. The van der Waals surface area contributed by atoms with Crippen LogP contribution in [-0.2, 0) is 30.0 Å². The molecule has 0 aliphatic carbocycles. The van der Waals surface area contributed by atoms with E-state index in [1.165, 1.54) is 21.1 Å². The van der Waals surface area contributed by atoms with Gasteiger partial charge in [0.05, 0.1) is 58.8 Å². The molecule has 4 aromatic carbocycles. The second-order valence-corrected chi connectivity index (χ2v) is 12.7. The first-order valence-corrected chi connectivity index (χ1v) is 17.5. The number of alkyl halides is 6. The molecule has 2 heterocycles. The predicted octanol–water partition coefficient (Wildman–Crippen LogP) is 7.45. The van der Waals surface area contributed by atoms with Gasteiger partial charge in [-0.2, -0.15) is 26.3 Å². The van der Waals surface area contributed by atoms with Crippen molar-refractivity contribution in [3.63, 3.8) is 0 Å². The Morgan fingerprint density at radius 3 is 1.54 bits per heavy atom. The van der Waals surface area contributed by atoms with Crippen LogP contribution in [0.1, 0.15) is 29.2 Å². The zero-order valence-corrected chi connectivity index (χ0v) is 31.5. The van der Waals surface area contributed by atoms with Gasteiger partial charge in [0.25, 0.3) is 0 Å². The van der Waals surface area contributed by atoms with E-state index in [4.69, 9.17) is 15.2 Å². The lowest BCUT2D eigenvalue weighted by Gasteiger charge is -2.14. The topological polar surface area (TPSA) is 213 Å². The number of ether oxygens (including phenoxy) is 2. The molecule has 0 unspecified atom stereocenters. The molecule has 6 rings (SSSR count). The van der Waals surface area contributed by atoms with Crippen LogP contribution in [0.2, 0.25) is 0 Å². The number of amides is 5. The molecule has 5 amide bonds. The van der Waals surface area contributed by atoms with Crippen molar-refractivity contribution >= 4 is 63.3 Å². The fourth-order valence-electron chi connectivity index (χ4n) is 5.61. The fourth-order valence-corrected chi connectivity index (χ4v) is 5.61. The fraction of sp³-hybridized carbons (Fsp3) is 0.237. The van der Waals surface area contributed by atoms with Crippen LogP contribution in [0.3, 0.4) is 0 Å². The lowest BCUT2D eigenvalue weighted by molar-refractivity contribution is -0.138. The summed E-state index contributed by atoms with van der Waals surface area (Å²) in [5, 5.41) is 12.5. The monoisotopic (exact) mass is 828 g/mol. The molecular weight excluding hydrogens is 790 g/mol. The molecule has 21 heteroatoms. The number of rotatable bonds is 11. The molecule has 6 aromatic rings. The van der Waals surface area contributed by atoms with E-state index in [9.17, 15) is 40.7 Å². The van der Waals surface area contributed by atoms with Gasteiger partial charge < -0.3 is 46.4 Å². The number of methoxy groups -OCH3 is 2. The molecule has 0 bridgehead atoms. The van der Waals surface area contributed by atoms with Gasteiger partial charge in [-0.3, -0.25) is 10.1 Å². The van der Waals surface area contributed by atoms with E-state index in [1.807, 2.05) is 30.3 Å². The average molecular weight is 829 g/mol. The number of carbonyl (C=O) groups excluding carboxylic acids is 3. The van der Waals surface area contributed by atoms with Crippen LogP contribution < -0.4 is 41.8 Å². The summed E-state index contributed by atoms with van der Waals surface area (Å²) in [6.45, 7) is 1.90. The number of benzene rings is 4. The van der Waals surface area contributed by atoms with E-state index < -0.39 is 35.5 Å². The minimum atomic E-state index is -4.54. The van der Waals surface area contributed by atoms with Crippen molar-refractivity contribution in [1.29, 1.82) is 0 Å². The lowest BCUT2D eigenvalue weighted by Crippen LogP contribution is -2.30. The van der Waals surface area contributed by atoms with Gasteiger partial charge in [-0.15, -0.1) is 0 Å². The maximum atomic E-state index is 12.9.